The number of hydrogen-bond donors (Lipinski definition) is 1. The fourth-order valence-electron chi connectivity index (χ4n) is 2.98. The largest absolute Gasteiger partial charge is 0.349 e. The maximum atomic E-state index is 12.6. The number of aryl methyl sites for hydroxylation is 1. The van der Waals surface area contributed by atoms with Crippen molar-refractivity contribution < 1.29 is 4.79 Å². The van der Waals surface area contributed by atoms with Crippen molar-refractivity contribution in [2.75, 3.05) is 0 Å². The second kappa shape index (κ2) is 7.87. The first-order valence-corrected chi connectivity index (χ1v) is 9.86. The lowest BCUT2D eigenvalue weighted by molar-refractivity contribution is 0.0940. The van der Waals surface area contributed by atoms with Gasteiger partial charge < -0.3 is 5.32 Å². The van der Waals surface area contributed by atoms with Crippen LogP contribution < -0.4 is 5.32 Å². The van der Waals surface area contributed by atoms with Gasteiger partial charge in [0.1, 0.15) is 0 Å². The summed E-state index contributed by atoms with van der Waals surface area (Å²) in [5, 5.41) is 11.9. The molecule has 3 rings (SSSR count). The molecule has 0 radical (unpaired) electrons. The summed E-state index contributed by atoms with van der Waals surface area (Å²) in [7, 11) is 0. The van der Waals surface area contributed by atoms with E-state index in [2.05, 4.69) is 47.3 Å². The van der Waals surface area contributed by atoms with Crippen LogP contribution in [0.15, 0.2) is 47.3 Å². The average Bonchev–Trinajstić information content (AvgIpc) is 3.24. The number of benzene rings is 1. The maximum absolute atomic E-state index is 12.6. The van der Waals surface area contributed by atoms with Gasteiger partial charge in [-0.2, -0.15) is 16.4 Å². The molecule has 0 aliphatic carbocycles. The molecule has 1 atom stereocenters. The zero-order valence-electron chi connectivity index (χ0n) is 15.7. The van der Waals surface area contributed by atoms with E-state index in [9.17, 15) is 4.79 Å². The van der Waals surface area contributed by atoms with E-state index in [1.807, 2.05) is 42.8 Å². The van der Waals surface area contributed by atoms with E-state index in [4.69, 9.17) is 0 Å². The number of nitrogens with zero attached hydrogens (tertiary/aromatic N) is 2. The summed E-state index contributed by atoms with van der Waals surface area (Å²) in [6.45, 7) is 8.25. The van der Waals surface area contributed by atoms with Crippen LogP contribution in [-0.2, 0) is 6.42 Å². The van der Waals surface area contributed by atoms with Gasteiger partial charge in [0.05, 0.1) is 5.69 Å². The molecule has 4 nitrogen and oxygen atoms in total. The summed E-state index contributed by atoms with van der Waals surface area (Å²) in [6.07, 6.45) is 2.89. The zero-order valence-corrected chi connectivity index (χ0v) is 16.5. The SMILES string of the molecule is Cc1nn(C(C)C)cc1-c1cccc(C(=O)N[C@H](C)Cc2ccsc2)c1. The summed E-state index contributed by atoms with van der Waals surface area (Å²) < 4.78 is 1.96. The molecule has 0 unspecified atom stereocenters. The van der Waals surface area contributed by atoms with Crippen molar-refractivity contribution >= 4 is 17.2 Å². The summed E-state index contributed by atoms with van der Waals surface area (Å²) in [4.78, 5) is 12.6. The van der Waals surface area contributed by atoms with Crippen molar-refractivity contribution in [3.8, 4) is 11.1 Å². The first-order valence-electron chi connectivity index (χ1n) is 8.92. The Bertz CT molecular complexity index is 881. The number of thiophene rings is 1. The molecule has 0 spiro atoms. The minimum atomic E-state index is -0.0384. The van der Waals surface area contributed by atoms with E-state index in [0.29, 0.717) is 11.6 Å². The van der Waals surface area contributed by atoms with Gasteiger partial charge >= 0.3 is 0 Å². The van der Waals surface area contributed by atoms with E-state index < -0.39 is 0 Å². The lowest BCUT2D eigenvalue weighted by Crippen LogP contribution is -2.33. The number of nitrogens with one attached hydrogen (secondary N) is 1. The zero-order chi connectivity index (χ0) is 18.7. The van der Waals surface area contributed by atoms with Crippen LogP contribution in [-0.4, -0.2) is 21.7 Å². The standard InChI is InChI=1S/C21H25N3OS/c1-14(2)24-12-20(16(4)23-24)18-6-5-7-19(11-18)21(25)22-15(3)10-17-8-9-26-13-17/h5-9,11-15H,10H2,1-4H3,(H,22,25)/t15-/m1/s1. The minimum Gasteiger partial charge on any atom is -0.349 e. The van der Waals surface area contributed by atoms with Crippen molar-refractivity contribution in [1.29, 1.82) is 0 Å². The van der Waals surface area contributed by atoms with E-state index in [1.165, 1.54) is 5.56 Å². The van der Waals surface area contributed by atoms with Crippen molar-refractivity contribution in [2.45, 2.75) is 46.2 Å². The first-order chi connectivity index (χ1) is 12.4. The smallest absolute Gasteiger partial charge is 0.251 e. The van der Waals surface area contributed by atoms with E-state index >= 15 is 0 Å². The molecule has 5 heteroatoms. The number of hydrogen-bond acceptors (Lipinski definition) is 3. The highest BCUT2D eigenvalue weighted by atomic mass is 32.1. The van der Waals surface area contributed by atoms with Gasteiger partial charge in [-0.15, -0.1) is 0 Å². The molecule has 2 heterocycles. The van der Waals surface area contributed by atoms with Crippen LogP contribution in [0.1, 0.15) is 48.4 Å². The fraction of sp³-hybridized carbons (Fsp3) is 0.333. The predicted octanol–water partition coefficient (Wildman–Crippen LogP) is 4.86. The topological polar surface area (TPSA) is 46.9 Å². The third kappa shape index (κ3) is 4.22. The molecular weight excluding hydrogens is 342 g/mol. The van der Waals surface area contributed by atoms with Crippen molar-refractivity contribution in [3.05, 3.63) is 64.1 Å². The molecule has 1 aromatic carbocycles. The maximum Gasteiger partial charge on any atom is 0.251 e. The summed E-state index contributed by atoms with van der Waals surface area (Å²) in [5.74, 6) is -0.0384. The molecule has 1 N–H and O–H groups in total. The number of rotatable bonds is 6. The van der Waals surface area contributed by atoms with Crippen LogP contribution in [0.25, 0.3) is 11.1 Å². The summed E-state index contributed by atoms with van der Waals surface area (Å²) in [6, 6.07) is 10.3. The molecule has 0 aliphatic heterocycles. The Labute approximate surface area is 158 Å². The van der Waals surface area contributed by atoms with Crippen LogP contribution in [0.3, 0.4) is 0 Å². The van der Waals surface area contributed by atoms with Gasteiger partial charge in [0.25, 0.3) is 5.91 Å². The number of carbonyl (C=O) groups is 1. The Morgan fingerprint density at radius 2 is 2.08 bits per heavy atom. The third-order valence-electron chi connectivity index (χ3n) is 4.38. The monoisotopic (exact) mass is 367 g/mol. The van der Waals surface area contributed by atoms with Gasteiger partial charge in [0.2, 0.25) is 0 Å². The molecule has 0 saturated heterocycles. The fourth-order valence-corrected chi connectivity index (χ4v) is 3.66. The predicted molar refractivity (Wildman–Crippen MR) is 108 cm³/mol. The summed E-state index contributed by atoms with van der Waals surface area (Å²) >= 11 is 1.68. The normalized spacial score (nSPS) is 12.3. The number of amides is 1. The van der Waals surface area contributed by atoms with E-state index in [1.54, 1.807) is 11.3 Å². The molecule has 1 amide bonds. The molecule has 26 heavy (non-hydrogen) atoms. The van der Waals surface area contributed by atoms with Gasteiger partial charge in [-0.05, 0) is 74.2 Å². The Morgan fingerprint density at radius 3 is 2.73 bits per heavy atom. The first kappa shape index (κ1) is 18.4. The molecule has 0 fully saturated rings. The van der Waals surface area contributed by atoms with Gasteiger partial charge in [-0.3, -0.25) is 9.48 Å². The van der Waals surface area contributed by atoms with Crippen molar-refractivity contribution in [1.82, 2.24) is 15.1 Å². The highest BCUT2D eigenvalue weighted by Gasteiger charge is 2.14. The van der Waals surface area contributed by atoms with Crippen LogP contribution >= 0.6 is 11.3 Å². The number of carbonyl (C=O) groups excluding carboxylic acids is 1. The average molecular weight is 368 g/mol. The van der Waals surface area contributed by atoms with Crippen LogP contribution in [0.2, 0.25) is 0 Å². The van der Waals surface area contributed by atoms with Crippen molar-refractivity contribution in [3.63, 3.8) is 0 Å². The number of aromatic nitrogens is 2. The molecule has 2 aromatic heterocycles. The van der Waals surface area contributed by atoms with E-state index in [-0.39, 0.29) is 11.9 Å². The minimum absolute atomic E-state index is 0.0384. The van der Waals surface area contributed by atoms with Gasteiger partial charge in [0, 0.05) is 29.4 Å². The molecule has 3 aromatic rings. The molecule has 0 bridgehead atoms. The molecule has 136 valence electrons. The highest BCUT2D eigenvalue weighted by Crippen LogP contribution is 2.25. The second-order valence-electron chi connectivity index (χ2n) is 6.99. The van der Waals surface area contributed by atoms with Crippen LogP contribution in [0, 0.1) is 6.92 Å². The Morgan fingerprint density at radius 1 is 1.27 bits per heavy atom. The van der Waals surface area contributed by atoms with Gasteiger partial charge in [-0.1, -0.05) is 12.1 Å². The highest BCUT2D eigenvalue weighted by molar-refractivity contribution is 7.07. The Kier molecular flexibility index (Phi) is 5.57. The Hall–Kier alpha value is -2.40. The second-order valence-corrected chi connectivity index (χ2v) is 7.77. The van der Waals surface area contributed by atoms with Crippen molar-refractivity contribution in [2.24, 2.45) is 0 Å². The quantitative estimate of drug-likeness (QED) is 0.676. The van der Waals surface area contributed by atoms with Crippen LogP contribution in [0.5, 0.6) is 0 Å². The van der Waals surface area contributed by atoms with Crippen LogP contribution in [0.4, 0.5) is 0 Å². The molecule has 0 saturated carbocycles. The summed E-state index contributed by atoms with van der Waals surface area (Å²) in [5.41, 5.74) is 5.00. The van der Waals surface area contributed by atoms with E-state index in [0.717, 1.165) is 23.2 Å². The third-order valence-corrected chi connectivity index (χ3v) is 5.11. The molecule has 0 aliphatic rings. The lowest BCUT2D eigenvalue weighted by Gasteiger charge is -2.13. The van der Waals surface area contributed by atoms with Gasteiger partial charge in [0.15, 0.2) is 0 Å². The lowest BCUT2D eigenvalue weighted by atomic mass is 10.0. The molecular formula is C21H25N3OS. The van der Waals surface area contributed by atoms with Gasteiger partial charge in [-0.25, -0.2) is 0 Å². The Balaban J connectivity index is 1.75.